The van der Waals surface area contributed by atoms with Gasteiger partial charge in [0.05, 0.1) is 5.71 Å². The summed E-state index contributed by atoms with van der Waals surface area (Å²) in [6, 6.07) is 6.92. The van der Waals surface area contributed by atoms with Crippen molar-refractivity contribution in [2.45, 2.75) is 12.8 Å². The maximum Gasteiger partial charge on any atom is 0.180 e. The van der Waals surface area contributed by atoms with Gasteiger partial charge >= 0.3 is 0 Å². The second kappa shape index (κ2) is 3.52. The monoisotopic (exact) mass is 228 g/mol. The van der Waals surface area contributed by atoms with Crippen LogP contribution < -0.4 is 5.84 Å². The van der Waals surface area contributed by atoms with Crippen LogP contribution in [0.5, 0.6) is 0 Å². The number of Topliss-reactive ketones (excluding diaryl/α,β-unsaturated/α-hetero) is 2. The summed E-state index contributed by atoms with van der Waals surface area (Å²) >= 11 is 0. The number of hydrogen-bond donors (Lipinski definition) is 1. The molecule has 1 fully saturated rings. The summed E-state index contributed by atoms with van der Waals surface area (Å²) in [5.74, 6) is 4.50. The Morgan fingerprint density at radius 1 is 1.12 bits per heavy atom. The van der Waals surface area contributed by atoms with Crippen LogP contribution in [0.25, 0.3) is 0 Å². The highest BCUT2D eigenvalue weighted by atomic mass is 16.2. The van der Waals surface area contributed by atoms with Gasteiger partial charge in [-0.05, 0) is 12.8 Å². The molecular formula is C13H12N2O2. The van der Waals surface area contributed by atoms with Crippen LogP contribution in [-0.2, 0) is 0 Å². The normalized spacial score (nSPS) is 20.8. The van der Waals surface area contributed by atoms with Crippen molar-refractivity contribution in [1.29, 1.82) is 0 Å². The molecule has 0 atom stereocenters. The van der Waals surface area contributed by atoms with Gasteiger partial charge in [-0.1, -0.05) is 24.3 Å². The standard InChI is InChI=1S/C13H12N2O2/c14-15-11(7-5-6-7)10-12(16)8-3-1-2-4-9(8)13(10)17/h1-4,7,10H,5-6,14H2. The molecule has 0 unspecified atom stereocenters. The van der Waals surface area contributed by atoms with Gasteiger partial charge in [-0.25, -0.2) is 0 Å². The van der Waals surface area contributed by atoms with Gasteiger partial charge < -0.3 is 5.84 Å². The van der Waals surface area contributed by atoms with Crippen LogP contribution in [-0.4, -0.2) is 17.3 Å². The van der Waals surface area contributed by atoms with Crippen LogP contribution in [0, 0.1) is 11.8 Å². The summed E-state index contributed by atoms with van der Waals surface area (Å²) in [5, 5.41) is 3.69. The second-order valence-corrected chi connectivity index (χ2v) is 4.54. The predicted molar refractivity (Wildman–Crippen MR) is 62.9 cm³/mol. The minimum atomic E-state index is -0.759. The molecule has 3 rings (SSSR count). The molecule has 2 aliphatic rings. The smallest absolute Gasteiger partial charge is 0.180 e. The first-order valence-corrected chi connectivity index (χ1v) is 5.69. The van der Waals surface area contributed by atoms with Crippen LogP contribution in [0.2, 0.25) is 0 Å². The Bertz CT molecular complexity index is 509. The molecule has 1 saturated carbocycles. The summed E-state index contributed by atoms with van der Waals surface area (Å²) in [6.45, 7) is 0. The molecule has 86 valence electrons. The Kier molecular flexibility index (Phi) is 2.11. The molecule has 0 aliphatic heterocycles. The molecule has 1 aromatic carbocycles. The van der Waals surface area contributed by atoms with Gasteiger partial charge in [0.15, 0.2) is 11.6 Å². The fraction of sp³-hybridized carbons (Fsp3) is 0.308. The average molecular weight is 228 g/mol. The Hall–Kier alpha value is -1.97. The third-order valence-corrected chi connectivity index (χ3v) is 3.42. The topological polar surface area (TPSA) is 72.5 Å². The molecule has 4 nitrogen and oxygen atoms in total. The van der Waals surface area contributed by atoms with Gasteiger partial charge in [0.2, 0.25) is 0 Å². The maximum absolute atomic E-state index is 12.2. The lowest BCUT2D eigenvalue weighted by Gasteiger charge is -2.08. The Balaban J connectivity index is 2.05. The largest absolute Gasteiger partial charge is 0.323 e. The van der Waals surface area contributed by atoms with Crippen LogP contribution in [0.4, 0.5) is 0 Å². The third-order valence-electron chi connectivity index (χ3n) is 3.42. The molecule has 0 saturated heterocycles. The van der Waals surface area contributed by atoms with Crippen LogP contribution >= 0.6 is 0 Å². The average Bonchev–Trinajstić information content (AvgIpc) is 3.15. The van der Waals surface area contributed by atoms with E-state index in [1.807, 2.05) is 0 Å². The van der Waals surface area contributed by atoms with Gasteiger partial charge in [0, 0.05) is 17.0 Å². The minimum Gasteiger partial charge on any atom is -0.323 e. The van der Waals surface area contributed by atoms with E-state index in [4.69, 9.17) is 5.84 Å². The van der Waals surface area contributed by atoms with Gasteiger partial charge in [-0.3, -0.25) is 9.59 Å². The number of carbonyl (C=O) groups excluding carboxylic acids is 2. The fourth-order valence-corrected chi connectivity index (χ4v) is 2.41. The van der Waals surface area contributed by atoms with Crippen molar-refractivity contribution in [2.24, 2.45) is 22.8 Å². The number of hydrazone groups is 1. The lowest BCUT2D eigenvalue weighted by Crippen LogP contribution is -2.28. The molecule has 0 aromatic heterocycles. The number of fused-ring (bicyclic) bond motifs is 1. The Labute approximate surface area is 98.5 Å². The lowest BCUT2D eigenvalue weighted by atomic mass is 9.94. The van der Waals surface area contributed by atoms with Gasteiger partial charge in [0.25, 0.3) is 0 Å². The van der Waals surface area contributed by atoms with E-state index >= 15 is 0 Å². The summed E-state index contributed by atoms with van der Waals surface area (Å²) in [4.78, 5) is 24.4. The number of ketones is 2. The van der Waals surface area contributed by atoms with E-state index in [-0.39, 0.29) is 17.5 Å². The quantitative estimate of drug-likeness (QED) is 0.360. The molecule has 17 heavy (non-hydrogen) atoms. The summed E-state index contributed by atoms with van der Waals surface area (Å²) in [5.41, 5.74) is 1.57. The van der Waals surface area contributed by atoms with Crippen molar-refractivity contribution >= 4 is 17.3 Å². The molecule has 2 aliphatic carbocycles. The predicted octanol–water partition coefficient (Wildman–Crippen LogP) is 1.41. The molecule has 0 spiro atoms. The Morgan fingerprint density at radius 3 is 2.06 bits per heavy atom. The number of hydrogen-bond acceptors (Lipinski definition) is 4. The number of benzene rings is 1. The summed E-state index contributed by atoms with van der Waals surface area (Å²) in [6.07, 6.45) is 1.95. The van der Waals surface area contributed by atoms with Crippen molar-refractivity contribution in [3.8, 4) is 0 Å². The Morgan fingerprint density at radius 2 is 1.65 bits per heavy atom. The zero-order valence-electron chi connectivity index (χ0n) is 9.22. The first-order chi connectivity index (χ1) is 8.24. The van der Waals surface area contributed by atoms with E-state index < -0.39 is 5.92 Å². The van der Waals surface area contributed by atoms with E-state index in [9.17, 15) is 9.59 Å². The molecule has 0 amide bonds. The lowest BCUT2D eigenvalue weighted by molar-refractivity contribution is 0.0881. The third kappa shape index (κ3) is 1.40. The number of carbonyl (C=O) groups is 2. The fourth-order valence-electron chi connectivity index (χ4n) is 2.41. The maximum atomic E-state index is 12.2. The SMILES string of the molecule is NN=C(C1CC1)C1C(=O)c2ccccc2C1=O. The van der Waals surface area contributed by atoms with E-state index in [0.717, 1.165) is 12.8 Å². The molecule has 4 heteroatoms. The van der Waals surface area contributed by atoms with Gasteiger partial charge in [0.1, 0.15) is 5.92 Å². The molecule has 0 bridgehead atoms. The first-order valence-electron chi connectivity index (χ1n) is 5.69. The highest BCUT2D eigenvalue weighted by Crippen LogP contribution is 2.38. The molecule has 0 radical (unpaired) electrons. The van der Waals surface area contributed by atoms with E-state index in [1.54, 1.807) is 24.3 Å². The van der Waals surface area contributed by atoms with E-state index in [2.05, 4.69) is 5.10 Å². The van der Waals surface area contributed by atoms with Crippen LogP contribution in [0.15, 0.2) is 29.4 Å². The second-order valence-electron chi connectivity index (χ2n) is 4.54. The zero-order chi connectivity index (χ0) is 12.0. The van der Waals surface area contributed by atoms with Crippen molar-refractivity contribution < 1.29 is 9.59 Å². The molecule has 1 aromatic rings. The molecule has 2 N–H and O–H groups in total. The zero-order valence-corrected chi connectivity index (χ0v) is 9.22. The van der Waals surface area contributed by atoms with E-state index in [1.165, 1.54) is 0 Å². The van der Waals surface area contributed by atoms with Crippen molar-refractivity contribution in [3.05, 3.63) is 35.4 Å². The van der Waals surface area contributed by atoms with Crippen molar-refractivity contribution in [2.75, 3.05) is 0 Å². The summed E-state index contributed by atoms with van der Waals surface area (Å²) in [7, 11) is 0. The van der Waals surface area contributed by atoms with Crippen molar-refractivity contribution in [3.63, 3.8) is 0 Å². The first kappa shape index (κ1) is 10.2. The van der Waals surface area contributed by atoms with E-state index in [0.29, 0.717) is 16.8 Å². The molecular weight excluding hydrogens is 216 g/mol. The van der Waals surface area contributed by atoms with Crippen LogP contribution in [0.3, 0.4) is 0 Å². The van der Waals surface area contributed by atoms with Crippen LogP contribution in [0.1, 0.15) is 33.6 Å². The highest BCUT2D eigenvalue weighted by molar-refractivity contribution is 6.36. The highest BCUT2D eigenvalue weighted by Gasteiger charge is 2.46. The van der Waals surface area contributed by atoms with Crippen molar-refractivity contribution in [1.82, 2.24) is 0 Å². The number of nitrogens with zero attached hydrogens (tertiary/aromatic N) is 1. The summed E-state index contributed by atoms with van der Waals surface area (Å²) < 4.78 is 0. The van der Waals surface area contributed by atoms with Gasteiger partial charge in [-0.15, -0.1) is 0 Å². The number of rotatable bonds is 2. The van der Waals surface area contributed by atoms with Gasteiger partial charge in [-0.2, -0.15) is 5.10 Å². The minimum absolute atomic E-state index is 0.151. The molecule has 0 heterocycles. The number of nitrogens with two attached hydrogens (primary N) is 1.